The van der Waals surface area contributed by atoms with Crippen molar-refractivity contribution in [3.05, 3.63) is 54.4 Å². The van der Waals surface area contributed by atoms with Crippen LogP contribution < -0.4 is 4.90 Å². The maximum atomic E-state index is 13.6. The SMILES string of the molecule is O=C(C1CCN(c2ccc3nncn3n2)CC1)N1CCCC(c2nc(-c3cccc(F)c3)no2)C1. The molecule has 6 rings (SSSR count). The topological polar surface area (TPSA) is 106 Å². The van der Waals surface area contributed by atoms with E-state index in [0.29, 0.717) is 29.5 Å². The molecule has 4 aromatic rings. The minimum atomic E-state index is -0.343. The maximum Gasteiger partial charge on any atom is 0.231 e. The first-order chi connectivity index (χ1) is 17.1. The van der Waals surface area contributed by atoms with Crippen LogP contribution in [0.3, 0.4) is 0 Å². The summed E-state index contributed by atoms with van der Waals surface area (Å²) < 4.78 is 20.7. The number of hydrogen-bond acceptors (Lipinski definition) is 8. The largest absolute Gasteiger partial charge is 0.355 e. The summed E-state index contributed by atoms with van der Waals surface area (Å²) in [5.41, 5.74) is 1.29. The number of benzene rings is 1. The molecule has 3 aromatic heterocycles. The fraction of sp³-hybridized carbons (Fsp3) is 0.417. The molecular formula is C24H25FN8O2. The zero-order valence-corrected chi connectivity index (χ0v) is 19.1. The van der Waals surface area contributed by atoms with Gasteiger partial charge in [-0.1, -0.05) is 17.3 Å². The minimum Gasteiger partial charge on any atom is -0.355 e. The fourth-order valence-corrected chi connectivity index (χ4v) is 5.03. The van der Waals surface area contributed by atoms with Crippen LogP contribution in [-0.4, -0.2) is 66.9 Å². The van der Waals surface area contributed by atoms with Crippen molar-refractivity contribution in [1.82, 2.24) is 34.9 Å². The van der Waals surface area contributed by atoms with Crippen LogP contribution >= 0.6 is 0 Å². The van der Waals surface area contributed by atoms with Gasteiger partial charge >= 0.3 is 0 Å². The number of halogens is 1. The van der Waals surface area contributed by atoms with Gasteiger partial charge in [0, 0.05) is 37.7 Å². The highest BCUT2D eigenvalue weighted by Crippen LogP contribution is 2.30. The van der Waals surface area contributed by atoms with Gasteiger partial charge in [0.15, 0.2) is 5.65 Å². The Hall–Kier alpha value is -3.89. The Morgan fingerprint density at radius 3 is 2.83 bits per heavy atom. The first-order valence-electron chi connectivity index (χ1n) is 11.9. The lowest BCUT2D eigenvalue weighted by Gasteiger charge is -2.37. The molecule has 0 N–H and O–H groups in total. The van der Waals surface area contributed by atoms with E-state index in [0.717, 1.165) is 51.1 Å². The third kappa shape index (κ3) is 4.33. The van der Waals surface area contributed by atoms with Gasteiger partial charge in [-0.2, -0.15) is 9.50 Å². The summed E-state index contributed by atoms with van der Waals surface area (Å²) >= 11 is 0. The zero-order valence-electron chi connectivity index (χ0n) is 19.1. The van der Waals surface area contributed by atoms with Crippen molar-refractivity contribution in [1.29, 1.82) is 0 Å². The quantitative estimate of drug-likeness (QED) is 0.443. The van der Waals surface area contributed by atoms with Crippen LogP contribution in [-0.2, 0) is 4.79 Å². The van der Waals surface area contributed by atoms with Crippen molar-refractivity contribution in [2.45, 2.75) is 31.6 Å². The second kappa shape index (κ2) is 9.05. The van der Waals surface area contributed by atoms with Crippen LogP contribution in [0, 0.1) is 11.7 Å². The normalized spacial score (nSPS) is 19.4. The van der Waals surface area contributed by atoms with Gasteiger partial charge in [0.05, 0.1) is 5.92 Å². The predicted octanol–water partition coefficient (Wildman–Crippen LogP) is 2.94. The van der Waals surface area contributed by atoms with Crippen molar-refractivity contribution in [3.8, 4) is 11.4 Å². The Balaban J connectivity index is 1.08. The van der Waals surface area contributed by atoms with Crippen molar-refractivity contribution >= 4 is 17.4 Å². The molecular weight excluding hydrogens is 451 g/mol. The maximum absolute atomic E-state index is 13.6. The number of piperidine rings is 2. The van der Waals surface area contributed by atoms with E-state index in [9.17, 15) is 9.18 Å². The summed E-state index contributed by atoms with van der Waals surface area (Å²) in [7, 11) is 0. The number of nitrogens with zero attached hydrogens (tertiary/aromatic N) is 8. The lowest BCUT2D eigenvalue weighted by Crippen LogP contribution is -2.46. The van der Waals surface area contributed by atoms with Gasteiger partial charge in [0.25, 0.3) is 0 Å². The number of rotatable bonds is 4. The van der Waals surface area contributed by atoms with E-state index >= 15 is 0 Å². The third-order valence-electron chi connectivity index (χ3n) is 6.92. The number of fused-ring (bicyclic) bond motifs is 1. The van der Waals surface area contributed by atoms with Crippen LogP contribution in [0.5, 0.6) is 0 Å². The van der Waals surface area contributed by atoms with Gasteiger partial charge in [-0.25, -0.2) is 4.39 Å². The van der Waals surface area contributed by atoms with Crippen LogP contribution in [0.25, 0.3) is 17.0 Å². The van der Waals surface area contributed by atoms with Crippen molar-refractivity contribution < 1.29 is 13.7 Å². The first kappa shape index (κ1) is 21.6. The highest BCUT2D eigenvalue weighted by Gasteiger charge is 2.34. The Kier molecular flexibility index (Phi) is 5.59. The van der Waals surface area contributed by atoms with Crippen LogP contribution in [0.1, 0.15) is 37.5 Å². The third-order valence-corrected chi connectivity index (χ3v) is 6.92. The summed E-state index contributed by atoms with van der Waals surface area (Å²) in [4.78, 5) is 22.0. The van der Waals surface area contributed by atoms with E-state index in [2.05, 4.69) is 30.3 Å². The average molecular weight is 477 g/mol. The molecule has 11 heteroatoms. The molecule has 2 fully saturated rings. The molecule has 2 aliphatic heterocycles. The molecule has 35 heavy (non-hydrogen) atoms. The van der Waals surface area contributed by atoms with E-state index in [4.69, 9.17) is 4.52 Å². The standard InChI is InChI=1S/C24H25FN8O2/c25-19-5-1-3-17(13-19)22-27-23(35-30-22)18-4-2-10-32(14-18)24(34)16-8-11-31(12-9-16)21-7-6-20-28-26-15-33(20)29-21/h1,3,5-7,13,15-16,18H,2,4,8-12,14H2. The summed E-state index contributed by atoms with van der Waals surface area (Å²) in [6.45, 7) is 2.85. The molecule has 1 unspecified atom stereocenters. The van der Waals surface area contributed by atoms with Crippen molar-refractivity contribution in [2.24, 2.45) is 5.92 Å². The van der Waals surface area contributed by atoms with Crippen LogP contribution in [0.2, 0.25) is 0 Å². The molecule has 0 radical (unpaired) electrons. The molecule has 5 heterocycles. The molecule has 10 nitrogen and oxygen atoms in total. The Labute approximate surface area is 200 Å². The Bertz CT molecular complexity index is 1350. The molecule has 0 spiro atoms. The van der Waals surface area contributed by atoms with Crippen molar-refractivity contribution in [3.63, 3.8) is 0 Å². The number of hydrogen-bond donors (Lipinski definition) is 0. The molecule has 1 amide bonds. The second-order valence-electron chi connectivity index (χ2n) is 9.18. The molecule has 1 aromatic carbocycles. The van der Waals surface area contributed by atoms with Gasteiger partial charge in [-0.05, 0) is 49.9 Å². The first-order valence-corrected chi connectivity index (χ1v) is 11.9. The van der Waals surface area contributed by atoms with E-state index in [1.165, 1.54) is 12.1 Å². The number of aromatic nitrogens is 6. The highest BCUT2D eigenvalue weighted by molar-refractivity contribution is 5.79. The highest BCUT2D eigenvalue weighted by atomic mass is 19.1. The molecule has 0 aliphatic carbocycles. The molecule has 2 saturated heterocycles. The molecule has 0 saturated carbocycles. The molecule has 180 valence electrons. The van der Waals surface area contributed by atoms with Gasteiger partial charge < -0.3 is 14.3 Å². The molecule has 0 bridgehead atoms. The molecule has 2 aliphatic rings. The number of amides is 1. The van der Waals surface area contributed by atoms with E-state index in [1.807, 2.05) is 17.0 Å². The number of likely N-dealkylation sites (tertiary alicyclic amines) is 1. The Morgan fingerprint density at radius 1 is 1.09 bits per heavy atom. The fourth-order valence-electron chi connectivity index (χ4n) is 5.03. The number of anilines is 1. The van der Waals surface area contributed by atoms with Crippen molar-refractivity contribution in [2.75, 3.05) is 31.1 Å². The van der Waals surface area contributed by atoms with Crippen LogP contribution in [0.4, 0.5) is 10.2 Å². The Morgan fingerprint density at radius 2 is 1.97 bits per heavy atom. The van der Waals surface area contributed by atoms with Gasteiger partial charge in [0.1, 0.15) is 18.0 Å². The molecule has 1 atom stereocenters. The van der Waals surface area contributed by atoms with Gasteiger partial charge in [-0.15, -0.1) is 15.3 Å². The minimum absolute atomic E-state index is 0.00539. The van der Waals surface area contributed by atoms with Crippen LogP contribution in [0.15, 0.2) is 47.2 Å². The number of carbonyl (C=O) groups is 1. The van der Waals surface area contributed by atoms with Gasteiger partial charge in [0.2, 0.25) is 17.6 Å². The smallest absolute Gasteiger partial charge is 0.231 e. The van der Waals surface area contributed by atoms with E-state index in [1.54, 1.807) is 23.0 Å². The predicted molar refractivity (Wildman–Crippen MR) is 124 cm³/mol. The summed E-state index contributed by atoms with van der Waals surface area (Å²) in [6.07, 6.45) is 4.92. The average Bonchev–Trinajstić information content (AvgIpc) is 3.58. The summed E-state index contributed by atoms with van der Waals surface area (Å²) in [6, 6.07) is 9.99. The lowest BCUT2D eigenvalue weighted by atomic mass is 9.92. The summed E-state index contributed by atoms with van der Waals surface area (Å²) in [5, 5.41) is 16.5. The number of carbonyl (C=O) groups excluding carboxylic acids is 1. The van der Waals surface area contributed by atoms with E-state index in [-0.39, 0.29) is 23.6 Å². The zero-order chi connectivity index (χ0) is 23.8. The monoisotopic (exact) mass is 476 g/mol. The lowest BCUT2D eigenvalue weighted by molar-refractivity contribution is -0.137. The second-order valence-corrected chi connectivity index (χ2v) is 9.18. The van der Waals surface area contributed by atoms with Gasteiger partial charge in [-0.3, -0.25) is 4.79 Å². The van der Waals surface area contributed by atoms with E-state index < -0.39 is 0 Å². The summed E-state index contributed by atoms with van der Waals surface area (Å²) in [5.74, 6) is 1.58.